The van der Waals surface area contributed by atoms with E-state index in [2.05, 4.69) is 5.32 Å². The molecule has 6 nitrogen and oxygen atoms in total. The van der Waals surface area contributed by atoms with Crippen LogP contribution in [0.4, 0.5) is 11.4 Å². The van der Waals surface area contributed by atoms with Gasteiger partial charge < -0.3 is 14.8 Å². The van der Waals surface area contributed by atoms with Gasteiger partial charge in [0.2, 0.25) is 5.91 Å². The molecule has 0 bridgehead atoms. The molecule has 26 heavy (non-hydrogen) atoms. The predicted molar refractivity (Wildman–Crippen MR) is 100.0 cm³/mol. The normalized spacial score (nSPS) is 16.8. The van der Waals surface area contributed by atoms with E-state index in [1.807, 2.05) is 26.0 Å². The number of imide groups is 1. The summed E-state index contributed by atoms with van der Waals surface area (Å²) in [4.78, 5) is 26.7. The summed E-state index contributed by atoms with van der Waals surface area (Å²) in [7, 11) is 3.12. The summed E-state index contributed by atoms with van der Waals surface area (Å²) in [6, 6.07) is 10.3. The Labute approximate surface area is 152 Å². The molecule has 1 heterocycles. The van der Waals surface area contributed by atoms with Gasteiger partial charge in [-0.15, -0.1) is 0 Å². The number of hydrogen-bond acceptors (Lipinski definition) is 5. The first-order chi connectivity index (χ1) is 12.5. The highest BCUT2D eigenvalue weighted by molar-refractivity contribution is 6.23. The molecule has 0 radical (unpaired) electrons. The monoisotopic (exact) mass is 354 g/mol. The summed E-state index contributed by atoms with van der Waals surface area (Å²) in [5, 5.41) is 3.13. The molecule has 1 saturated heterocycles. The molecule has 1 aliphatic heterocycles. The van der Waals surface area contributed by atoms with E-state index in [1.165, 1.54) is 4.90 Å². The van der Waals surface area contributed by atoms with Crippen molar-refractivity contribution in [2.75, 3.05) is 24.4 Å². The molecular weight excluding hydrogens is 332 g/mol. The average molecular weight is 354 g/mol. The van der Waals surface area contributed by atoms with Crippen LogP contribution in [0.2, 0.25) is 0 Å². The van der Waals surface area contributed by atoms with Crippen molar-refractivity contribution < 1.29 is 19.1 Å². The van der Waals surface area contributed by atoms with Crippen LogP contribution < -0.4 is 19.7 Å². The highest BCUT2D eigenvalue weighted by atomic mass is 16.5. The first kappa shape index (κ1) is 17.8. The van der Waals surface area contributed by atoms with Crippen LogP contribution >= 0.6 is 0 Å². The molecule has 1 aliphatic rings. The Bertz CT molecular complexity index is 863. The van der Waals surface area contributed by atoms with Crippen molar-refractivity contribution >= 4 is 23.2 Å². The standard InChI is InChI=1S/C20H22N2O4/c1-12-6-5-7-17(13(12)2)22-19(23)11-16(20(22)24)21-15-9-8-14(25-3)10-18(15)26-4/h5-10,16,21H,11H2,1-4H3/t16-/m0/s1. The molecule has 1 atom stereocenters. The maximum absolute atomic E-state index is 12.9. The minimum absolute atomic E-state index is 0.0986. The van der Waals surface area contributed by atoms with Gasteiger partial charge >= 0.3 is 0 Å². The lowest BCUT2D eigenvalue weighted by Crippen LogP contribution is -2.35. The highest BCUT2D eigenvalue weighted by Crippen LogP contribution is 2.33. The van der Waals surface area contributed by atoms with Crippen LogP contribution in [0, 0.1) is 13.8 Å². The highest BCUT2D eigenvalue weighted by Gasteiger charge is 2.40. The van der Waals surface area contributed by atoms with E-state index in [9.17, 15) is 9.59 Å². The zero-order valence-electron chi connectivity index (χ0n) is 15.3. The smallest absolute Gasteiger partial charge is 0.256 e. The van der Waals surface area contributed by atoms with E-state index in [-0.39, 0.29) is 18.2 Å². The molecule has 2 aromatic carbocycles. The Kier molecular flexibility index (Phi) is 4.84. The van der Waals surface area contributed by atoms with E-state index in [0.29, 0.717) is 22.9 Å². The van der Waals surface area contributed by atoms with E-state index < -0.39 is 6.04 Å². The van der Waals surface area contributed by atoms with Gasteiger partial charge in [-0.2, -0.15) is 0 Å². The molecule has 2 aromatic rings. The number of hydrogen-bond donors (Lipinski definition) is 1. The molecule has 0 aliphatic carbocycles. The molecule has 1 fully saturated rings. The molecule has 0 spiro atoms. The summed E-state index contributed by atoms with van der Waals surface area (Å²) in [5.41, 5.74) is 3.25. The second-order valence-electron chi connectivity index (χ2n) is 6.25. The third-order valence-electron chi connectivity index (χ3n) is 4.70. The topological polar surface area (TPSA) is 67.9 Å². The first-order valence-corrected chi connectivity index (χ1v) is 8.38. The van der Waals surface area contributed by atoms with Gasteiger partial charge in [-0.05, 0) is 43.2 Å². The van der Waals surface area contributed by atoms with Crippen LogP contribution in [0.25, 0.3) is 0 Å². The van der Waals surface area contributed by atoms with Gasteiger partial charge in [0, 0.05) is 6.07 Å². The number of amides is 2. The third-order valence-corrected chi connectivity index (χ3v) is 4.70. The van der Waals surface area contributed by atoms with Gasteiger partial charge in [-0.3, -0.25) is 9.59 Å². The molecule has 3 rings (SSSR count). The Morgan fingerprint density at radius 2 is 1.85 bits per heavy atom. The quantitative estimate of drug-likeness (QED) is 0.836. The maximum Gasteiger partial charge on any atom is 0.256 e. The summed E-state index contributed by atoms with van der Waals surface area (Å²) < 4.78 is 10.5. The molecular formula is C20H22N2O4. The number of methoxy groups -OCH3 is 2. The van der Waals surface area contributed by atoms with Crippen LogP contribution in [0.3, 0.4) is 0 Å². The number of ether oxygens (including phenoxy) is 2. The minimum Gasteiger partial charge on any atom is -0.497 e. The average Bonchev–Trinajstić information content (AvgIpc) is 2.91. The van der Waals surface area contributed by atoms with Crippen LogP contribution in [-0.2, 0) is 9.59 Å². The number of benzene rings is 2. The zero-order chi connectivity index (χ0) is 18.8. The van der Waals surface area contributed by atoms with E-state index in [0.717, 1.165) is 11.1 Å². The summed E-state index contributed by atoms with van der Waals surface area (Å²) in [6.45, 7) is 3.88. The van der Waals surface area contributed by atoms with Crippen molar-refractivity contribution in [1.82, 2.24) is 0 Å². The van der Waals surface area contributed by atoms with Gasteiger partial charge in [0.1, 0.15) is 17.5 Å². The Balaban J connectivity index is 1.87. The number of carbonyl (C=O) groups excluding carboxylic acids is 2. The molecule has 136 valence electrons. The number of nitrogens with zero attached hydrogens (tertiary/aromatic N) is 1. The fraction of sp³-hybridized carbons (Fsp3) is 0.300. The third kappa shape index (κ3) is 3.10. The minimum atomic E-state index is -0.635. The molecule has 2 amide bonds. The maximum atomic E-state index is 12.9. The van der Waals surface area contributed by atoms with Gasteiger partial charge in [0.25, 0.3) is 5.91 Å². The van der Waals surface area contributed by atoms with Crippen LogP contribution in [0.5, 0.6) is 11.5 Å². The van der Waals surface area contributed by atoms with Crippen molar-refractivity contribution in [2.24, 2.45) is 0 Å². The van der Waals surface area contributed by atoms with Gasteiger partial charge in [0.15, 0.2) is 0 Å². The molecule has 0 saturated carbocycles. The number of carbonyl (C=O) groups is 2. The van der Waals surface area contributed by atoms with Crippen LogP contribution in [0.15, 0.2) is 36.4 Å². The molecule has 6 heteroatoms. The van der Waals surface area contributed by atoms with E-state index in [1.54, 1.807) is 38.5 Å². The second kappa shape index (κ2) is 7.07. The largest absolute Gasteiger partial charge is 0.497 e. The number of rotatable bonds is 5. The number of nitrogens with one attached hydrogen (secondary N) is 1. The van der Waals surface area contributed by atoms with Gasteiger partial charge in [0.05, 0.1) is 32.0 Å². The van der Waals surface area contributed by atoms with Crippen LogP contribution in [0.1, 0.15) is 17.5 Å². The Morgan fingerprint density at radius 1 is 1.08 bits per heavy atom. The summed E-state index contributed by atoms with van der Waals surface area (Å²) in [5.74, 6) is 0.725. The zero-order valence-corrected chi connectivity index (χ0v) is 15.3. The summed E-state index contributed by atoms with van der Waals surface area (Å²) in [6.07, 6.45) is 0.0986. The SMILES string of the molecule is COc1ccc(N[C@H]2CC(=O)N(c3cccc(C)c3C)C2=O)c(OC)c1. The molecule has 0 unspecified atom stereocenters. The first-order valence-electron chi connectivity index (χ1n) is 8.38. The lowest BCUT2D eigenvalue weighted by molar-refractivity contribution is -0.121. The van der Waals surface area contributed by atoms with E-state index in [4.69, 9.17) is 9.47 Å². The van der Waals surface area contributed by atoms with Crippen molar-refractivity contribution in [1.29, 1.82) is 0 Å². The lowest BCUT2D eigenvalue weighted by Gasteiger charge is -2.20. The van der Waals surface area contributed by atoms with Crippen molar-refractivity contribution in [3.63, 3.8) is 0 Å². The van der Waals surface area contributed by atoms with Gasteiger partial charge in [-0.1, -0.05) is 12.1 Å². The Hall–Kier alpha value is -3.02. The fourth-order valence-electron chi connectivity index (χ4n) is 3.08. The van der Waals surface area contributed by atoms with Crippen molar-refractivity contribution in [3.05, 3.63) is 47.5 Å². The fourth-order valence-corrected chi connectivity index (χ4v) is 3.08. The van der Waals surface area contributed by atoms with Crippen molar-refractivity contribution in [2.45, 2.75) is 26.3 Å². The Morgan fingerprint density at radius 3 is 2.54 bits per heavy atom. The second-order valence-corrected chi connectivity index (χ2v) is 6.25. The van der Waals surface area contributed by atoms with Crippen molar-refractivity contribution in [3.8, 4) is 11.5 Å². The number of aryl methyl sites for hydroxylation is 1. The molecule has 1 N–H and O–H groups in total. The lowest BCUT2D eigenvalue weighted by atomic mass is 10.1. The number of anilines is 2. The van der Waals surface area contributed by atoms with Gasteiger partial charge in [-0.25, -0.2) is 4.90 Å². The molecule has 0 aromatic heterocycles. The summed E-state index contributed by atoms with van der Waals surface area (Å²) >= 11 is 0. The van der Waals surface area contributed by atoms with Crippen LogP contribution in [-0.4, -0.2) is 32.1 Å². The predicted octanol–water partition coefficient (Wildman–Crippen LogP) is 3.06. The van der Waals surface area contributed by atoms with E-state index >= 15 is 0 Å².